The third-order valence-electron chi connectivity index (χ3n) is 3.13. The van der Waals surface area contributed by atoms with Crippen molar-refractivity contribution in [2.75, 3.05) is 0 Å². The second kappa shape index (κ2) is 5.49. The number of fused-ring (bicyclic) bond motifs is 1. The Morgan fingerprint density at radius 2 is 1.65 bits per heavy atom. The van der Waals surface area contributed by atoms with Crippen LogP contribution in [0.4, 0.5) is 17.6 Å². The Balaban J connectivity index is 3.20. The van der Waals surface area contributed by atoms with Crippen LogP contribution < -0.4 is 10.4 Å². The molecule has 2 rings (SSSR count). The smallest absolute Gasteiger partial charge is 0.170 e. The summed E-state index contributed by atoms with van der Waals surface area (Å²) in [5.74, 6) is -3.59. The summed E-state index contributed by atoms with van der Waals surface area (Å²) in [6.07, 6.45) is 4.62. The van der Waals surface area contributed by atoms with Crippen LogP contribution in [0.3, 0.4) is 0 Å². The zero-order valence-electron chi connectivity index (χ0n) is 11.0. The van der Waals surface area contributed by atoms with Crippen LogP contribution in [-0.2, 0) is 0 Å². The SMILES string of the molecule is C/C=C/C=c1\c(=C\F)c(F)c(F)c2c(F)c(C)ccc12. The highest BCUT2D eigenvalue weighted by molar-refractivity contribution is 5.86. The van der Waals surface area contributed by atoms with E-state index in [0.717, 1.165) is 0 Å². The van der Waals surface area contributed by atoms with Gasteiger partial charge in [-0.1, -0.05) is 30.4 Å². The number of halogens is 4. The van der Waals surface area contributed by atoms with Gasteiger partial charge in [0.2, 0.25) is 0 Å². The standard InChI is InChI=1S/C16H12F4/c1-3-4-5-10-11-7-6-9(2)14(18)13(11)16(20)15(19)12(10)8-17/h3-8H,1-2H3/b4-3+,10-5-,12-8-. The van der Waals surface area contributed by atoms with Crippen LogP contribution in [0, 0.1) is 24.4 Å². The summed E-state index contributed by atoms with van der Waals surface area (Å²) in [5, 5.41) is -0.729. The van der Waals surface area contributed by atoms with E-state index in [1.54, 1.807) is 19.1 Å². The highest BCUT2D eigenvalue weighted by Crippen LogP contribution is 2.21. The maximum atomic E-state index is 14.0. The minimum absolute atomic E-state index is 0.00898. The minimum atomic E-state index is -1.39. The molecule has 0 saturated heterocycles. The largest absolute Gasteiger partial charge is 0.215 e. The van der Waals surface area contributed by atoms with Gasteiger partial charge in [-0.2, -0.15) is 0 Å². The van der Waals surface area contributed by atoms with Crippen LogP contribution in [0.1, 0.15) is 12.5 Å². The average Bonchev–Trinajstić information content (AvgIpc) is 2.44. The Bertz CT molecular complexity index is 817. The van der Waals surface area contributed by atoms with Gasteiger partial charge in [0, 0.05) is 5.22 Å². The van der Waals surface area contributed by atoms with Crippen LogP contribution in [0.15, 0.2) is 24.3 Å². The van der Waals surface area contributed by atoms with Gasteiger partial charge in [-0.25, -0.2) is 17.6 Å². The van der Waals surface area contributed by atoms with Crippen LogP contribution in [-0.4, -0.2) is 0 Å². The van der Waals surface area contributed by atoms with E-state index in [2.05, 4.69) is 0 Å². The zero-order valence-corrected chi connectivity index (χ0v) is 11.0. The maximum absolute atomic E-state index is 14.0. The van der Waals surface area contributed by atoms with Crippen molar-refractivity contribution in [2.24, 2.45) is 0 Å². The molecule has 0 spiro atoms. The average molecular weight is 280 g/mol. The fourth-order valence-corrected chi connectivity index (χ4v) is 2.09. The molecule has 0 amide bonds. The van der Waals surface area contributed by atoms with Gasteiger partial charge in [0.15, 0.2) is 11.6 Å². The lowest BCUT2D eigenvalue weighted by Gasteiger charge is -2.07. The maximum Gasteiger partial charge on any atom is 0.170 e. The molecule has 0 aliphatic rings. The summed E-state index contributed by atoms with van der Waals surface area (Å²) in [6.45, 7) is 3.18. The lowest BCUT2D eigenvalue weighted by Crippen LogP contribution is -2.30. The third-order valence-corrected chi connectivity index (χ3v) is 3.13. The van der Waals surface area contributed by atoms with E-state index < -0.39 is 28.1 Å². The first kappa shape index (κ1) is 14.3. The molecule has 0 aromatic heterocycles. The van der Waals surface area contributed by atoms with Crippen molar-refractivity contribution in [3.05, 3.63) is 57.7 Å². The fourth-order valence-electron chi connectivity index (χ4n) is 2.09. The van der Waals surface area contributed by atoms with Crippen molar-refractivity contribution in [3.8, 4) is 0 Å². The normalized spacial score (nSPS) is 13.9. The van der Waals surface area contributed by atoms with Crippen LogP contribution in [0.25, 0.3) is 23.2 Å². The number of aryl methyl sites for hydroxylation is 1. The zero-order chi connectivity index (χ0) is 14.9. The Labute approximate surface area is 113 Å². The highest BCUT2D eigenvalue weighted by Gasteiger charge is 2.16. The molecule has 4 heteroatoms. The number of hydrogen-bond acceptors (Lipinski definition) is 0. The number of benzene rings is 2. The monoisotopic (exact) mass is 280 g/mol. The summed E-state index contributed by atoms with van der Waals surface area (Å²) in [5.41, 5.74) is 0.199. The summed E-state index contributed by atoms with van der Waals surface area (Å²) in [6, 6.07) is 2.91. The van der Waals surface area contributed by atoms with E-state index in [9.17, 15) is 17.6 Å². The van der Waals surface area contributed by atoms with Crippen molar-refractivity contribution in [2.45, 2.75) is 13.8 Å². The molecule has 0 aliphatic heterocycles. The molecule has 2 aromatic rings. The van der Waals surface area contributed by atoms with Gasteiger partial charge in [0.25, 0.3) is 0 Å². The summed E-state index contributed by atoms with van der Waals surface area (Å²) < 4.78 is 54.8. The molecule has 0 unspecified atom stereocenters. The molecule has 2 aromatic carbocycles. The molecule has 0 bridgehead atoms. The summed E-state index contributed by atoms with van der Waals surface area (Å²) >= 11 is 0. The van der Waals surface area contributed by atoms with E-state index in [-0.39, 0.29) is 22.5 Å². The second-order valence-corrected chi connectivity index (χ2v) is 4.38. The number of hydrogen-bond donors (Lipinski definition) is 0. The molecule has 0 atom stereocenters. The molecule has 104 valence electrons. The Kier molecular flexibility index (Phi) is 3.93. The van der Waals surface area contributed by atoms with Crippen molar-refractivity contribution in [3.63, 3.8) is 0 Å². The van der Waals surface area contributed by atoms with Crippen molar-refractivity contribution >= 4 is 23.2 Å². The van der Waals surface area contributed by atoms with Crippen LogP contribution in [0.5, 0.6) is 0 Å². The second-order valence-electron chi connectivity index (χ2n) is 4.38. The molecular weight excluding hydrogens is 268 g/mol. The number of rotatable bonds is 1. The van der Waals surface area contributed by atoms with E-state index in [1.165, 1.54) is 25.1 Å². The molecule has 0 fully saturated rings. The molecular formula is C16H12F4. The Morgan fingerprint density at radius 1 is 0.950 bits per heavy atom. The Morgan fingerprint density at radius 3 is 2.25 bits per heavy atom. The van der Waals surface area contributed by atoms with Gasteiger partial charge in [-0.15, -0.1) is 0 Å². The van der Waals surface area contributed by atoms with Gasteiger partial charge in [-0.3, -0.25) is 0 Å². The molecule has 0 saturated carbocycles. The molecule has 0 aliphatic carbocycles. The van der Waals surface area contributed by atoms with Crippen LogP contribution >= 0.6 is 0 Å². The predicted molar refractivity (Wildman–Crippen MR) is 72.7 cm³/mol. The van der Waals surface area contributed by atoms with E-state index in [4.69, 9.17) is 0 Å². The van der Waals surface area contributed by atoms with Crippen molar-refractivity contribution in [1.29, 1.82) is 0 Å². The number of allylic oxidation sites excluding steroid dienone is 2. The molecule has 0 nitrogen and oxygen atoms in total. The predicted octanol–water partition coefficient (Wildman–Crippen LogP) is 3.63. The lowest BCUT2D eigenvalue weighted by atomic mass is 10.0. The molecule has 0 N–H and O–H groups in total. The quantitative estimate of drug-likeness (QED) is 0.700. The lowest BCUT2D eigenvalue weighted by molar-refractivity contribution is 0.503. The van der Waals surface area contributed by atoms with Crippen molar-refractivity contribution < 1.29 is 17.6 Å². The van der Waals surface area contributed by atoms with E-state index in [0.29, 0.717) is 0 Å². The van der Waals surface area contributed by atoms with Gasteiger partial charge in [0.05, 0.1) is 11.7 Å². The molecule has 0 radical (unpaired) electrons. The molecule has 20 heavy (non-hydrogen) atoms. The topological polar surface area (TPSA) is 0 Å². The van der Waals surface area contributed by atoms with Gasteiger partial charge >= 0.3 is 0 Å². The highest BCUT2D eigenvalue weighted by atomic mass is 19.2. The van der Waals surface area contributed by atoms with Crippen LogP contribution in [0.2, 0.25) is 0 Å². The van der Waals surface area contributed by atoms with Gasteiger partial charge in [-0.05, 0) is 30.0 Å². The summed E-state index contributed by atoms with van der Waals surface area (Å²) in [7, 11) is 0. The first-order chi connectivity index (χ1) is 9.52. The molecule has 0 heterocycles. The third kappa shape index (κ3) is 2.11. The van der Waals surface area contributed by atoms with Gasteiger partial charge in [0.1, 0.15) is 5.82 Å². The van der Waals surface area contributed by atoms with Crippen molar-refractivity contribution in [1.82, 2.24) is 0 Å². The first-order valence-electron chi connectivity index (χ1n) is 6.02. The first-order valence-corrected chi connectivity index (χ1v) is 6.02. The Hall–Kier alpha value is -2.10. The summed E-state index contributed by atoms with van der Waals surface area (Å²) in [4.78, 5) is 0. The van der Waals surface area contributed by atoms with E-state index >= 15 is 0 Å². The van der Waals surface area contributed by atoms with Gasteiger partial charge < -0.3 is 0 Å². The minimum Gasteiger partial charge on any atom is -0.215 e. The fraction of sp³-hybridized carbons (Fsp3) is 0.125. The van der Waals surface area contributed by atoms with E-state index in [1.807, 2.05) is 0 Å².